The van der Waals surface area contributed by atoms with Gasteiger partial charge in [0.05, 0.1) is 6.26 Å². The van der Waals surface area contributed by atoms with Crippen LogP contribution in [0.4, 0.5) is 4.79 Å². The van der Waals surface area contributed by atoms with Crippen molar-refractivity contribution in [3.8, 4) is 0 Å². The molecule has 0 N–H and O–H groups in total. The van der Waals surface area contributed by atoms with Crippen molar-refractivity contribution in [3.63, 3.8) is 0 Å². The van der Waals surface area contributed by atoms with Crippen molar-refractivity contribution in [1.29, 1.82) is 0 Å². The lowest BCUT2D eigenvalue weighted by atomic mass is 10.4. The lowest BCUT2D eigenvalue weighted by Crippen LogP contribution is -2.29. The van der Waals surface area contributed by atoms with E-state index in [1.54, 1.807) is 0 Å². The molecule has 0 spiro atoms. The summed E-state index contributed by atoms with van der Waals surface area (Å²) in [6.07, 6.45) is 1.41. The van der Waals surface area contributed by atoms with Gasteiger partial charge in [0.15, 0.2) is 0 Å². The van der Waals surface area contributed by atoms with E-state index in [0.29, 0.717) is 0 Å². The third kappa shape index (κ3) is 2.15. The van der Waals surface area contributed by atoms with Gasteiger partial charge in [-0.25, -0.2) is 4.79 Å². The van der Waals surface area contributed by atoms with Gasteiger partial charge in [0.25, 0.3) is 4.52 Å². The topological polar surface area (TPSA) is 35.5 Å². The molecule has 62 valence electrons. The minimum Gasteiger partial charge on any atom is -0.403 e. The van der Waals surface area contributed by atoms with Crippen molar-refractivity contribution in [3.05, 3.63) is 12.3 Å². The Kier molecular flexibility index (Phi) is 2.52. The highest BCUT2D eigenvalue weighted by molar-refractivity contribution is 6.51. The molecule has 0 aromatic carbocycles. The van der Waals surface area contributed by atoms with E-state index in [0.717, 1.165) is 6.26 Å². The zero-order valence-electron chi connectivity index (χ0n) is 5.09. The summed E-state index contributed by atoms with van der Waals surface area (Å²) < 4.78 is 6.94. The van der Waals surface area contributed by atoms with Gasteiger partial charge in [-0.15, -0.1) is 11.6 Å². The minimum atomic E-state index is -1.76. The highest BCUT2D eigenvalue weighted by Crippen LogP contribution is 2.33. The lowest BCUT2D eigenvalue weighted by Gasteiger charge is -2.18. The molecule has 0 radical (unpaired) electrons. The van der Waals surface area contributed by atoms with Gasteiger partial charge in [0.1, 0.15) is 5.38 Å². The van der Waals surface area contributed by atoms with Crippen LogP contribution in [0.15, 0.2) is 12.3 Å². The van der Waals surface area contributed by atoms with Crippen molar-refractivity contribution < 1.29 is 14.3 Å². The third-order valence-corrected chi connectivity index (χ3v) is 2.25. The number of hydrogen-bond acceptors (Lipinski definition) is 3. The SMILES string of the molecule is O=C1OC=CC(Cl)C(Cl)(Cl)O1. The monoisotopic (exact) mass is 216 g/mol. The van der Waals surface area contributed by atoms with Crippen LogP contribution in [0, 0.1) is 0 Å². The first-order valence-corrected chi connectivity index (χ1v) is 3.80. The largest absolute Gasteiger partial charge is 0.515 e. The second kappa shape index (κ2) is 3.09. The summed E-state index contributed by atoms with van der Waals surface area (Å²) in [5.74, 6) is 0. The Balaban J connectivity index is 2.79. The smallest absolute Gasteiger partial charge is 0.403 e. The standard InChI is InChI=1S/C5H3Cl3O3/c6-3-1-2-10-4(9)11-5(3,7)8/h1-3H. The summed E-state index contributed by atoms with van der Waals surface area (Å²) in [5.41, 5.74) is 0. The van der Waals surface area contributed by atoms with Gasteiger partial charge in [0, 0.05) is 0 Å². The zero-order chi connectivity index (χ0) is 8.48. The Labute approximate surface area is 77.8 Å². The molecule has 1 aliphatic rings. The van der Waals surface area contributed by atoms with E-state index >= 15 is 0 Å². The number of hydrogen-bond donors (Lipinski definition) is 0. The fraction of sp³-hybridized carbons (Fsp3) is 0.400. The quantitative estimate of drug-likeness (QED) is 0.462. The Morgan fingerprint density at radius 3 is 2.82 bits per heavy atom. The van der Waals surface area contributed by atoms with Crippen LogP contribution in [-0.4, -0.2) is 16.1 Å². The first-order valence-electron chi connectivity index (χ1n) is 2.60. The van der Waals surface area contributed by atoms with E-state index in [2.05, 4.69) is 9.47 Å². The molecule has 0 saturated heterocycles. The summed E-state index contributed by atoms with van der Waals surface area (Å²) in [7, 11) is 0. The van der Waals surface area contributed by atoms with Crippen molar-refractivity contribution in [1.82, 2.24) is 0 Å². The molecule has 1 rings (SSSR count). The molecule has 0 saturated carbocycles. The predicted octanol–water partition coefficient (Wildman–Crippen LogP) is 2.41. The maximum atomic E-state index is 10.5. The highest BCUT2D eigenvalue weighted by Gasteiger charge is 2.38. The van der Waals surface area contributed by atoms with Gasteiger partial charge in [-0.3, -0.25) is 0 Å². The van der Waals surface area contributed by atoms with Gasteiger partial charge in [0.2, 0.25) is 0 Å². The normalized spacial score (nSPS) is 28.6. The number of ether oxygens (including phenoxy) is 2. The van der Waals surface area contributed by atoms with E-state index in [4.69, 9.17) is 34.8 Å². The molecule has 1 aliphatic heterocycles. The summed E-state index contributed by atoms with van der Waals surface area (Å²) in [6.45, 7) is 0. The summed E-state index contributed by atoms with van der Waals surface area (Å²) in [6, 6.07) is 0. The third-order valence-electron chi connectivity index (χ3n) is 0.952. The molecule has 0 aromatic rings. The van der Waals surface area contributed by atoms with Crippen LogP contribution in [-0.2, 0) is 9.47 Å². The molecule has 0 amide bonds. The van der Waals surface area contributed by atoms with Crippen LogP contribution in [0.25, 0.3) is 0 Å². The van der Waals surface area contributed by atoms with Crippen LogP contribution in [0.5, 0.6) is 0 Å². The fourth-order valence-corrected chi connectivity index (χ4v) is 0.843. The number of halogens is 3. The van der Waals surface area contributed by atoms with Crippen LogP contribution in [0.3, 0.4) is 0 Å². The maximum Gasteiger partial charge on any atom is 0.515 e. The van der Waals surface area contributed by atoms with Gasteiger partial charge in [-0.05, 0) is 6.08 Å². The van der Waals surface area contributed by atoms with Crippen molar-refractivity contribution in [2.75, 3.05) is 0 Å². The predicted molar refractivity (Wildman–Crippen MR) is 40.8 cm³/mol. The first kappa shape index (κ1) is 8.97. The average molecular weight is 217 g/mol. The molecular weight excluding hydrogens is 214 g/mol. The Morgan fingerprint density at radius 1 is 1.55 bits per heavy atom. The van der Waals surface area contributed by atoms with Crippen molar-refractivity contribution >= 4 is 41.0 Å². The molecule has 1 atom stereocenters. The minimum absolute atomic E-state index is 0.822. The van der Waals surface area contributed by atoms with Crippen LogP contribution in [0.1, 0.15) is 0 Å². The molecular formula is C5H3Cl3O3. The number of alkyl halides is 3. The molecule has 0 aliphatic carbocycles. The van der Waals surface area contributed by atoms with Gasteiger partial charge in [-0.1, -0.05) is 23.2 Å². The lowest BCUT2D eigenvalue weighted by molar-refractivity contribution is 0.0678. The van der Waals surface area contributed by atoms with Crippen molar-refractivity contribution in [2.24, 2.45) is 0 Å². The molecule has 1 heterocycles. The number of carbonyl (C=O) groups is 1. The molecule has 0 bridgehead atoms. The maximum absolute atomic E-state index is 10.5. The van der Waals surface area contributed by atoms with E-state index in [9.17, 15) is 4.79 Å². The Bertz CT molecular complexity index is 201. The first-order chi connectivity index (χ1) is 5.02. The van der Waals surface area contributed by atoms with E-state index in [1.807, 2.05) is 0 Å². The molecule has 0 fully saturated rings. The van der Waals surface area contributed by atoms with Crippen LogP contribution >= 0.6 is 34.8 Å². The molecule has 1 unspecified atom stereocenters. The molecule has 6 heteroatoms. The Morgan fingerprint density at radius 2 is 2.18 bits per heavy atom. The summed E-state index contributed by atoms with van der Waals surface area (Å²) in [5, 5.41) is -0.822. The molecule has 11 heavy (non-hydrogen) atoms. The van der Waals surface area contributed by atoms with Crippen molar-refractivity contribution in [2.45, 2.75) is 9.90 Å². The van der Waals surface area contributed by atoms with Gasteiger partial charge in [-0.2, -0.15) is 0 Å². The molecule has 0 aromatic heterocycles. The van der Waals surface area contributed by atoms with Crippen LogP contribution < -0.4 is 0 Å². The van der Waals surface area contributed by atoms with Crippen LogP contribution in [0.2, 0.25) is 0 Å². The fourth-order valence-electron chi connectivity index (χ4n) is 0.467. The van der Waals surface area contributed by atoms with E-state index in [-0.39, 0.29) is 0 Å². The number of rotatable bonds is 0. The summed E-state index contributed by atoms with van der Waals surface area (Å²) in [4.78, 5) is 10.5. The molecule has 3 nitrogen and oxygen atoms in total. The number of carbonyl (C=O) groups excluding carboxylic acids is 1. The van der Waals surface area contributed by atoms with Gasteiger partial charge >= 0.3 is 6.16 Å². The highest BCUT2D eigenvalue weighted by atomic mass is 35.5. The average Bonchev–Trinajstić information content (AvgIpc) is 1.93. The van der Waals surface area contributed by atoms with E-state index in [1.165, 1.54) is 6.08 Å². The second-order valence-corrected chi connectivity index (χ2v) is 3.55. The second-order valence-electron chi connectivity index (χ2n) is 1.76. The van der Waals surface area contributed by atoms with E-state index < -0.39 is 16.1 Å². The van der Waals surface area contributed by atoms with Gasteiger partial charge < -0.3 is 9.47 Å². The number of cyclic esters (lactones) is 2. The summed E-state index contributed by atoms with van der Waals surface area (Å²) >= 11 is 16.5. The zero-order valence-corrected chi connectivity index (χ0v) is 7.36. The Hall–Kier alpha value is -0.120.